The van der Waals surface area contributed by atoms with Gasteiger partial charge in [-0.1, -0.05) is 11.6 Å². The van der Waals surface area contributed by atoms with Crippen LogP contribution in [0.1, 0.15) is 17.4 Å². The molecule has 0 aliphatic rings. The molecule has 0 amide bonds. The summed E-state index contributed by atoms with van der Waals surface area (Å²) in [6.07, 6.45) is 0. The summed E-state index contributed by atoms with van der Waals surface area (Å²) in [5.41, 5.74) is 6.81. The first kappa shape index (κ1) is 10.1. The summed E-state index contributed by atoms with van der Waals surface area (Å²) >= 11 is 13.1. The second kappa shape index (κ2) is 3.95. The maximum Gasteiger partial charge on any atom is 0.193 e. The van der Waals surface area contributed by atoms with Gasteiger partial charge in [0.05, 0.1) is 10.4 Å². The van der Waals surface area contributed by atoms with E-state index in [0.717, 1.165) is 5.56 Å². The Morgan fingerprint density at radius 2 is 2.07 bits per heavy atom. The van der Waals surface area contributed by atoms with Gasteiger partial charge < -0.3 is 10.2 Å². The molecule has 2 nitrogen and oxygen atoms in total. The van der Waals surface area contributed by atoms with Crippen molar-refractivity contribution in [2.24, 2.45) is 5.73 Å². The van der Waals surface area contributed by atoms with Crippen LogP contribution in [0.5, 0.6) is 0 Å². The summed E-state index contributed by atoms with van der Waals surface area (Å²) in [5.74, 6) is 0.621. The van der Waals surface area contributed by atoms with Gasteiger partial charge in [0.15, 0.2) is 5.22 Å². The monoisotopic (exact) mass is 247 g/mol. The molecule has 1 unspecified atom stereocenters. The first-order valence-corrected chi connectivity index (χ1v) is 5.55. The van der Waals surface area contributed by atoms with Gasteiger partial charge in [0.25, 0.3) is 0 Å². The molecule has 2 aromatic heterocycles. The molecule has 5 heteroatoms. The highest BCUT2D eigenvalue weighted by Crippen LogP contribution is 2.32. The third-order valence-electron chi connectivity index (χ3n) is 1.88. The van der Waals surface area contributed by atoms with Crippen molar-refractivity contribution in [1.29, 1.82) is 0 Å². The van der Waals surface area contributed by atoms with Crippen molar-refractivity contribution in [2.75, 3.05) is 0 Å². The zero-order chi connectivity index (χ0) is 10.1. The summed E-state index contributed by atoms with van der Waals surface area (Å²) in [6.45, 7) is 0. The molecule has 1 atom stereocenters. The van der Waals surface area contributed by atoms with Gasteiger partial charge in [-0.05, 0) is 35.2 Å². The largest absolute Gasteiger partial charge is 0.448 e. The first-order chi connectivity index (χ1) is 6.68. The van der Waals surface area contributed by atoms with Gasteiger partial charge in [-0.3, -0.25) is 0 Å². The van der Waals surface area contributed by atoms with E-state index in [9.17, 15) is 0 Å². The normalized spacial score (nSPS) is 13.1. The number of nitrogens with two attached hydrogens (primary N) is 1. The van der Waals surface area contributed by atoms with E-state index < -0.39 is 0 Å². The van der Waals surface area contributed by atoms with Crippen molar-refractivity contribution >= 4 is 34.5 Å². The number of thiophene rings is 1. The Labute approximate surface area is 95.2 Å². The van der Waals surface area contributed by atoms with Crippen molar-refractivity contribution in [2.45, 2.75) is 6.04 Å². The van der Waals surface area contributed by atoms with Crippen LogP contribution in [0.4, 0.5) is 0 Å². The van der Waals surface area contributed by atoms with E-state index in [-0.39, 0.29) is 6.04 Å². The molecule has 2 aromatic rings. The van der Waals surface area contributed by atoms with Crippen LogP contribution in [0.2, 0.25) is 9.56 Å². The minimum Gasteiger partial charge on any atom is -0.448 e. The molecule has 0 spiro atoms. The lowest BCUT2D eigenvalue weighted by atomic mass is 10.1. The van der Waals surface area contributed by atoms with Crippen LogP contribution in [0.3, 0.4) is 0 Å². The highest BCUT2D eigenvalue weighted by Gasteiger charge is 2.16. The van der Waals surface area contributed by atoms with Gasteiger partial charge >= 0.3 is 0 Å². The molecular weight excluding hydrogens is 241 g/mol. The number of rotatable bonds is 2. The molecule has 74 valence electrons. The number of furan rings is 1. The SMILES string of the molecule is NC(c1ccc(Cl)o1)c1ccsc1Cl. The van der Waals surface area contributed by atoms with E-state index in [2.05, 4.69) is 0 Å². The molecular formula is C9H7Cl2NOS. The maximum atomic E-state index is 5.96. The van der Waals surface area contributed by atoms with Crippen molar-refractivity contribution in [3.63, 3.8) is 0 Å². The maximum absolute atomic E-state index is 5.96. The summed E-state index contributed by atoms with van der Waals surface area (Å²) in [4.78, 5) is 0. The van der Waals surface area contributed by atoms with Gasteiger partial charge in [-0.25, -0.2) is 0 Å². The van der Waals surface area contributed by atoms with Crippen molar-refractivity contribution in [3.8, 4) is 0 Å². The zero-order valence-electron chi connectivity index (χ0n) is 7.04. The number of halogens is 2. The molecule has 0 saturated carbocycles. The van der Waals surface area contributed by atoms with Crippen LogP contribution in [0, 0.1) is 0 Å². The lowest BCUT2D eigenvalue weighted by Crippen LogP contribution is -2.10. The molecule has 14 heavy (non-hydrogen) atoms. The lowest BCUT2D eigenvalue weighted by Gasteiger charge is -2.06. The molecule has 0 fully saturated rings. The Balaban J connectivity index is 2.33. The molecule has 2 rings (SSSR count). The van der Waals surface area contributed by atoms with Gasteiger partial charge in [0.1, 0.15) is 5.76 Å². The standard InChI is InChI=1S/C9H7Cl2NOS/c10-7-2-1-6(13-7)8(12)5-3-4-14-9(5)11/h1-4,8H,12H2. The van der Waals surface area contributed by atoms with Crippen molar-refractivity contribution in [1.82, 2.24) is 0 Å². The van der Waals surface area contributed by atoms with Gasteiger partial charge in [-0.2, -0.15) is 0 Å². The van der Waals surface area contributed by atoms with Crippen LogP contribution >= 0.6 is 34.5 Å². The van der Waals surface area contributed by atoms with Crippen LogP contribution < -0.4 is 5.73 Å². The van der Waals surface area contributed by atoms with Crippen molar-refractivity contribution < 1.29 is 4.42 Å². The van der Waals surface area contributed by atoms with Gasteiger partial charge in [-0.15, -0.1) is 11.3 Å². The molecule has 0 bridgehead atoms. The number of hydrogen-bond acceptors (Lipinski definition) is 3. The Kier molecular flexibility index (Phi) is 2.83. The molecule has 0 aliphatic carbocycles. The minimum absolute atomic E-state index is 0.335. The molecule has 2 heterocycles. The Bertz CT molecular complexity index is 437. The van der Waals surface area contributed by atoms with Crippen molar-refractivity contribution in [3.05, 3.63) is 44.5 Å². The average molecular weight is 248 g/mol. The molecule has 0 radical (unpaired) electrons. The van der Waals surface area contributed by atoms with E-state index in [1.54, 1.807) is 12.1 Å². The van der Waals surface area contributed by atoms with E-state index in [1.807, 2.05) is 11.4 Å². The third kappa shape index (κ3) is 1.81. The number of hydrogen-bond donors (Lipinski definition) is 1. The summed E-state index contributed by atoms with van der Waals surface area (Å²) < 4.78 is 5.90. The zero-order valence-corrected chi connectivity index (χ0v) is 9.36. The summed E-state index contributed by atoms with van der Waals surface area (Å²) in [5, 5.41) is 2.23. The second-order valence-electron chi connectivity index (χ2n) is 2.77. The summed E-state index contributed by atoms with van der Waals surface area (Å²) in [7, 11) is 0. The molecule has 2 N–H and O–H groups in total. The predicted octanol–water partition coefficient (Wildman–Crippen LogP) is 3.70. The topological polar surface area (TPSA) is 39.2 Å². The van der Waals surface area contributed by atoms with E-state index in [1.165, 1.54) is 11.3 Å². The second-order valence-corrected chi connectivity index (χ2v) is 4.66. The fourth-order valence-electron chi connectivity index (χ4n) is 1.18. The third-order valence-corrected chi connectivity index (χ3v) is 3.29. The van der Waals surface area contributed by atoms with E-state index in [0.29, 0.717) is 15.3 Å². The molecule has 0 saturated heterocycles. The average Bonchev–Trinajstić information content (AvgIpc) is 2.73. The highest BCUT2D eigenvalue weighted by atomic mass is 35.5. The fourth-order valence-corrected chi connectivity index (χ4v) is 2.33. The smallest absolute Gasteiger partial charge is 0.193 e. The van der Waals surface area contributed by atoms with Gasteiger partial charge in [0.2, 0.25) is 0 Å². The Hall–Kier alpha value is -0.480. The molecule has 0 aromatic carbocycles. The lowest BCUT2D eigenvalue weighted by molar-refractivity contribution is 0.492. The Morgan fingerprint density at radius 1 is 1.29 bits per heavy atom. The van der Waals surface area contributed by atoms with E-state index in [4.69, 9.17) is 33.4 Å². The summed E-state index contributed by atoms with van der Waals surface area (Å²) in [6, 6.07) is 4.95. The Morgan fingerprint density at radius 3 is 2.57 bits per heavy atom. The quantitative estimate of drug-likeness (QED) is 0.880. The van der Waals surface area contributed by atoms with Crippen LogP contribution in [0.25, 0.3) is 0 Å². The highest BCUT2D eigenvalue weighted by molar-refractivity contribution is 7.14. The van der Waals surface area contributed by atoms with E-state index >= 15 is 0 Å². The van der Waals surface area contributed by atoms with Gasteiger partial charge in [0, 0.05) is 5.56 Å². The van der Waals surface area contributed by atoms with Crippen LogP contribution in [0.15, 0.2) is 28.0 Å². The molecule has 0 aliphatic heterocycles. The van der Waals surface area contributed by atoms with Crippen LogP contribution in [-0.4, -0.2) is 0 Å². The first-order valence-electron chi connectivity index (χ1n) is 3.92. The minimum atomic E-state index is -0.346. The van der Waals surface area contributed by atoms with Crippen LogP contribution in [-0.2, 0) is 0 Å². The predicted molar refractivity (Wildman–Crippen MR) is 59.1 cm³/mol. The fraction of sp³-hybridized carbons (Fsp3) is 0.111.